The second-order valence-electron chi connectivity index (χ2n) is 11.8. The normalized spacial score (nSPS) is 26.7. The third-order valence-electron chi connectivity index (χ3n) is 8.52. The number of fused-ring (bicyclic) bond motifs is 2. The summed E-state index contributed by atoms with van der Waals surface area (Å²) in [6.07, 6.45) is -2.08. The standard InChI is InChI=1S/C37H41N3O13S3/c1-19-30(38)27(52-35(44)21-16-25(48-4)26(49-5)17-23(21)39-34(43)20(2)47-3)18-28(51-19)53-33-32(42)31(40-36(45)50-6)29-22(13-15-55-56-54-7)37(33,46)14-11-9-8-10-12-24(29)41/h8-9,13,16-17,19,24,27-28,30,33,41,46H,2,15,18,38H2,1,3-7H3,(H,39,43)(H,40,45)/b9-8-,22-13+/t19-,24?,27-,28-,30+,33-,37-/m1/s1. The second kappa shape index (κ2) is 20.0. The highest BCUT2D eigenvalue weighted by molar-refractivity contribution is 9.09. The number of esters is 1. The molecule has 1 aliphatic heterocycles. The van der Waals surface area contributed by atoms with Crippen LogP contribution in [0.1, 0.15) is 23.7 Å². The van der Waals surface area contributed by atoms with E-state index in [2.05, 4.69) is 40.9 Å². The van der Waals surface area contributed by atoms with Crippen molar-refractivity contribution in [3.63, 3.8) is 0 Å². The maximum absolute atomic E-state index is 14.4. The van der Waals surface area contributed by atoms with E-state index in [0.717, 1.165) is 7.11 Å². The van der Waals surface area contributed by atoms with Crippen molar-refractivity contribution in [2.45, 2.75) is 55.7 Å². The summed E-state index contributed by atoms with van der Waals surface area (Å²) in [5.74, 6) is 8.28. The molecule has 1 saturated heterocycles. The van der Waals surface area contributed by atoms with Gasteiger partial charge in [0.25, 0.3) is 5.91 Å². The van der Waals surface area contributed by atoms with Gasteiger partial charge in [0.15, 0.2) is 35.3 Å². The Kier molecular flexibility index (Phi) is 15.8. The van der Waals surface area contributed by atoms with Crippen LogP contribution in [-0.4, -0.2) is 117 Å². The summed E-state index contributed by atoms with van der Waals surface area (Å²) in [5.41, 5.74) is 3.17. The maximum Gasteiger partial charge on any atom is 0.411 e. The van der Waals surface area contributed by atoms with Gasteiger partial charge in [-0.1, -0.05) is 57.9 Å². The number of carbonyl (C=O) groups excluding carboxylic acids is 4. The van der Waals surface area contributed by atoms with Gasteiger partial charge in [-0.05, 0) is 35.2 Å². The highest BCUT2D eigenvalue weighted by Crippen LogP contribution is 2.42. The summed E-state index contributed by atoms with van der Waals surface area (Å²) >= 11 is 0. The second-order valence-corrected chi connectivity index (χ2v) is 16.2. The molecule has 2 aliphatic carbocycles. The van der Waals surface area contributed by atoms with Crippen molar-refractivity contribution >= 4 is 60.9 Å². The molecule has 4 rings (SSSR count). The maximum atomic E-state index is 14.4. The molecule has 0 aromatic heterocycles. The molecule has 0 saturated carbocycles. The Labute approximate surface area is 335 Å². The minimum atomic E-state index is -2.43. The van der Waals surface area contributed by atoms with Gasteiger partial charge in [-0.2, -0.15) is 0 Å². The van der Waals surface area contributed by atoms with Crippen LogP contribution in [0.25, 0.3) is 0 Å². The number of aliphatic hydroxyl groups excluding tert-OH is 1. The number of Topliss-reactive ketones (excluding diaryl/α,β-unsaturated/α-hetero) is 1. The number of ether oxygens (including phenoxy) is 7. The van der Waals surface area contributed by atoms with E-state index in [1.54, 1.807) is 13.0 Å². The third kappa shape index (κ3) is 10.0. The molecule has 0 radical (unpaired) electrons. The Morgan fingerprint density at radius 3 is 2.46 bits per heavy atom. The van der Waals surface area contributed by atoms with Crippen molar-refractivity contribution in [3.8, 4) is 35.2 Å². The van der Waals surface area contributed by atoms with Gasteiger partial charge in [0.2, 0.25) is 5.78 Å². The van der Waals surface area contributed by atoms with Crippen molar-refractivity contribution in [2.24, 2.45) is 5.73 Å². The summed E-state index contributed by atoms with van der Waals surface area (Å²) in [6.45, 7) is 5.12. The average Bonchev–Trinajstić information content (AvgIpc) is 3.18. The summed E-state index contributed by atoms with van der Waals surface area (Å²) < 4.78 is 38.6. The lowest BCUT2D eigenvalue weighted by Gasteiger charge is -2.43. The fraction of sp³-hybridized carbons (Fsp3) is 0.405. The van der Waals surface area contributed by atoms with Crippen molar-refractivity contribution in [1.82, 2.24) is 5.32 Å². The first-order valence-electron chi connectivity index (χ1n) is 16.6. The summed E-state index contributed by atoms with van der Waals surface area (Å²) in [5, 5.41) is 28.6. The predicted molar refractivity (Wildman–Crippen MR) is 210 cm³/mol. The van der Waals surface area contributed by atoms with E-state index in [0.29, 0.717) is 0 Å². The number of methoxy groups -OCH3 is 4. The average molecular weight is 832 g/mol. The Balaban J connectivity index is 1.75. The van der Waals surface area contributed by atoms with Crippen LogP contribution in [-0.2, 0) is 33.3 Å². The molecule has 2 amide bonds. The zero-order valence-corrected chi connectivity index (χ0v) is 33.6. The molecule has 1 aromatic carbocycles. The predicted octanol–water partition coefficient (Wildman–Crippen LogP) is 2.62. The number of hydrogen-bond donors (Lipinski definition) is 5. The van der Waals surface area contributed by atoms with Gasteiger partial charge in [0.05, 0.1) is 57.5 Å². The number of ketones is 1. The number of anilines is 1. The SMILES string of the molecule is C=C(OC)C(=O)Nc1cc(OC)c(OC)cc1C(=O)O[C@@H]1C[C@@H](O[C@@H]2C(=O)C(NC(=O)OC)=C3/C(=C\CSSSC)[C@]2(O)C#C/C=C\C#CC3O)O[C@H](C)[C@@H]1N. The van der Waals surface area contributed by atoms with Gasteiger partial charge in [-0.3, -0.25) is 14.9 Å². The van der Waals surface area contributed by atoms with E-state index in [4.69, 9.17) is 38.9 Å². The first-order valence-corrected chi connectivity index (χ1v) is 20.6. The number of amides is 2. The van der Waals surface area contributed by atoms with Crippen LogP contribution < -0.4 is 25.8 Å². The van der Waals surface area contributed by atoms with Crippen LogP contribution in [0.2, 0.25) is 0 Å². The lowest BCUT2D eigenvalue weighted by atomic mass is 9.73. The molecule has 56 heavy (non-hydrogen) atoms. The Morgan fingerprint density at radius 2 is 1.80 bits per heavy atom. The summed E-state index contributed by atoms with van der Waals surface area (Å²) in [4.78, 5) is 53.5. The zero-order chi connectivity index (χ0) is 41.2. The van der Waals surface area contributed by atoms with Crippen LogP contribution in [0, 0.1) is 23.7 Å². The Bertz CT molecular complexity index is 1950. The fourth-order valence-corrected chi connectivity index (χ4v) is 8.14. The lowest BCUT2D eigenvalue weighted by molar-refractivity contribution is -0.246. The smallest absolute Gasteiger partial charge is 0.411 e. The summed E-state index contributed by atoms with van der Waals surface area (Å²) in [6, 6.07) is 1.74. The van der Waals surface area contributed by atoms with Gasteiger partial charge < -0.3 is 54.4 Å². The number of benzene rings is 1. The Morgan fingerprint density at radius 1 is 1.11 bits per heavy atom. The van der Waals surface area contributed by atoms with E-state index in [9.17, 15) is 29.4 Å². The molecule has 2 bridgehead atoms. The van der Waals surface area contributed by atoms with E-state index in [-0.39, 0.29) is 51.8 Å². The molecule has 1 fully saturated rings. The van der Waals surface area contributed by atoms with Gasteiger partial charge in [-0.15, -0.1) is 0 Å². The molecule has 7 atom stereocenters. The van der Waals surface area contributed by atoms with E-state index < -0.39 is 71.8 Å². The number of rotatable bonds is 14. The van der Waals surface area contributed by atoms with E-state index in [1.165, 1.54) is 77.0 Å². The molecule has 3 aliphatic rings. The number of allylic oxidation sites excluding steroid dienone is 2. The molecule has 1 aromatic rings. The quantitative estimate of drug-likeness (QED) is 0.0454. The number of aliphatic hydroxyl groups is 2. The molecule has 300 valence electrons. The monoisotopic (exact) mass is 831 g/mol. The lowest BCUT2D eigenvalue weighted by Crippen LogP contribution is -2.60. The molecular weight excluding hydrogens is 791 g/mol. The van der Waals surface area contributed by atoms with Crippen LogP contribution in [0.3, 0.4) is 0 Å². The molecule has 1 unspecified atom stereocenters. The van der Waals surface area contributed by atoms with Crippen molar-refractivity contribution in [3.05, 3.63) is 65.1 Å². The van der Waals surface area contributed by atoms with E-state index in [1.807, 2.05) is 6.26 Å². The Hall–Kier alpha value is -4.57. The first-order chi connectivity index (χ1) is 26.7. The van der Waals surface area contributed by atoms with Crippen LogP contribution in [0.5, 0.6) is 11.5 Å². The van der Waals surface area contributed by atoms with Gasteiger partial charge >= 0.3 is 12.1 Å². The number of nitrogens with two attached hydrogens (primary N) is 1. The third-order valence-corrected chi connectivity index (χ3v) is 12.3. The van der Waals surface area contributed by atoms with Crippen molar-refractivity contribution in [1.29, 1.82) is 0 Å². The highest BCUT2D eigenvalue weighted by Gasteiger charge is 2.55. The van der Waals surface area contributed by atoms with Crippen molar-refractivity contribution < 1.29 is 62.5 Å². The summed E-state index contributed by atoms with van der Waals surface area (Å²) in [7, 11) is 9.40. The molecule has 1 heterocycles. The minimum absolute atomic E-state index is 0.0236. The first kappa shape index (κ1) is 44.1. The molecule has 19 heteroatoms. The number of hydrogen-bond acceptors (Lipinski definition) is 17. The van der Waals surface area contributed by atoms with Crippen LogP contribution in [0.4, 0.5) is 10.5 Å². The van der Waals surface area contributed by atoms with Crippen LogP contribution >= 0.6 is 31.4 Å². The van der Waals surface area contributed by atoms with Gasteiger partial charge in [0.1, 0.15) is 12.2 Å². The topological polar surface area (TPSA) is 223 Å². The van der Waals surface area contributed by atoms with Crippen LogP contribution in [0.15, 0.2) is 59.5 Å². The highest BCUT2D eigenvalue weighted by atomic mass is 33.5. The van der Waals surface area contributed by atoms with E-state index >= 15 is 0 Å². The molecular formula is C37H41N3O13S3. The molecule has 16 nitrogen and oxygen atoms in total. The van der Waals surface area contributed by atoms with Gasteiger partial charge in [-0.25, -0.2) is 9.59 Å². The zero-order valence-electron chi connectivity index (χ0n) is 31.2. The van der Waals surface area contributed by atoms with Crippen molar-refractivity contribution in [2.75, 3.05) is 45.8 Å². The fourth-order valence-electron chi connectivity index (χ4n) is 5.72. The largest absolute Gasteiger partial charge is 0.493 e. The number of carbonyl (C=O) groups is 4. The number of nitrogens with one attached hydrogen (secondary N) is 2. The van der Waals surface area contributed by atoms with Gasteiger partial charge in [0, 0.05) is 35.5 Å². The molecule has 6 N–H and O–H groups in total. The molecule has 0 spiro atoms. The minimum Gasteiger partial charge on any atom is -0.493 e. The number of alkyl carbamates (subject to hydrolysis) is 1.